The summed E-state index contributed by atoms with van der Waals surface area (Å²) in [5.74, 6) is 2.57. The van der Waals surface area contributed by atoms with E-state index in [1.54, 1.807) is 11.8 Å². The molecule has 1 aliphatic carbocycles. The Bertz CT molecular complexity index is 169. The fourth-order valence-electron chi connectivity index (χ4n) is 2.27. The van der Waals surface area contributed by atoms with Crippen LogP contribution in [-0.4, -0.2) is 47.5 Å². The largest absolute Gasteiger partial charge is 0.394 e. The maximum atomic E-state index is 9.16. The normalized spacial score (nSPS) is 28.2. The minimum absolute atomic E-state index is 0.116. The van der Waals surface area contributed by atoms with E-state index < -0.39 is 6.10 Å². The topological polar surface area (TPSA) is 52.5 Å². The molecule has 3 nitrogen and oxygen atoms in total. The summed E-state index contributed by atoms with van der Waals surface area (Å²) in [5, 5.41) is 21.2. The SMILES string of the molecule is CNC1CCCC1CCSCC(O)CO. The Morgan fingerprint density at radius 2 is 2.27 bits per heavy atom. The lowest BCUT2D eigenvalue weighted by Crippen LogP contribution is -2.29. The van der Waals surface area contributed by atoms with Gasteiger partial charge in [-0.1, -0.05) is 6.42 Å². The molecule has 0 aromatic heterocycles. The molecule has 90 valence electrons. The van der Waals surface area contributed by atoms with Crippen LogP contribution in [0.2, 0.25) is 0 Å². The van der Waals surface area contributed by atoms with Crippen molar-refractivity contribution in [2.24, 2.45) is 5.92 Å². The molecule has 0 amide bonds. The van der Waals surface area contributed by atoms with Gasteiger partial charge in [0.05, 0.1) is 12.7 Å². The van der Waals surface area contributed by atoms with E-state index in [0.717, 1.165) is 11.7 Å². The van der Waals surface area contributed by atoms with Gasteiger partial charge in [-0.15, -0.1) is 0 Å². The first-order chi connectivity index (χ1) is 7.27. The summed E-state index contributed by atoms with van der Waals surface area (Å²) >= 11 is 1.75. The van der Waals surface area contributed by atoms with Gasteiger partial charge < -0.3 is 15.5 Å². The van der Waals surface area contributed by atoms with E-state index in [9.17, 15) is 0 Å². The van der Waals surface area contributed by atoms with Crippen molar-refractivity contribution in [1.29, 1.82) is 0 Å². The molecule has 1 rings (SSSR count). The molecule has 0 bridgehead atoms. The third-order valence-electron chi connectivity index (χ3n) is 3.18. The van der Waals surface area contributed by atoms with Gasteiger partial charge in [0.1, 0.15) is 0 Å². The molecule has 3 unspecified atom stereocenters. The van der Waals surface area contributed by atoms with Crippen molar-refractivity contribution in [3.05, 3.63) is 0 Å². The number of aliphatic hydroxyl groups is 2. The second kappa shape index (κ2) is 7.49. The van der Waals surface area contributed by atoms with E-state index >= 15 is 0 Å². The molecule has 1 saturated carbocycles. The van der Waals surface area contributed by atoms with Crippen molar-refractivity contribution in [2.75, 3.05) is 25.2 Å². The number of rotatable bonds is 7. The highest BCUT2D eigenvalue weighted by Crippen LogP contribution is 2.29. The average Bonchev–Trinajstić information content (AvgIpc) is 2.71. The van der Waals surface area contributed by atoms with Crippen LogP contribution in [0.15, 0.2) is 0 Å². The second-order valence-electron chi connectivity index (χ2n) is 4.29. The molecule has 1 fully saturated rings. The summed E-state index contributed by atoms with van der Waals surface area (Å²) in [6, 6.07) is 0.702. The van der Waals surface area contributed by atoms with Crippen LogP contribution in [0, 0.1) is 5.92 Å². The summed E-state index contributed by atoms with van der Waals surface area (Å²) in [7, 11) is 2.05. The summed E-state index contributed by atoms with van der Waals surface area (Å²) in [6.45, 7) is -0.116. The molecular weight excluding hydrogens is 210 g/mol. The van der Waals surface area contributed by atoms with Gasteiger partial charge in [-0.05, 0) is 38.0 Å². The predicted molar refractivity (Wildman–Crippen MR) is 65.2 cm³/mol. The van der Waals surface area contributed by atoms with Gasteiger partial charge in [-0.2, -0.15) is 11.8 Å². The van der Waals surface area contributed by atoms with Gasteiger partial charge in [-0.25, -0.2) is 0 Å². The number of thioether (sulfide) groups is 1. The molecule has 3 atom stereocenters. The zero-order valence-corrected chi connectivity index (χ0v) is 10.3. The summed E-state index contributed by atoms with van der Waals surface area (Å²) in [6.07, 6.45) is 4.69. The molecule has 4 heteroatoms. The first kappa shape index (κ1) is 13.3. The lowest BCUT2D eigenvalue weighted by Gasteiger charge is -2.18. The highest BCUT2D eigenvalue weighted by atomic mass is 32.2. The Balaban J connectivity index is 2.04. The fourth-order valence-corrected chi connectivity index (χ4v) is 3.28. The van der Waals surface area contributed by atoms with E-state index in [2.05, 4.69) is 5.32 Å². The lowest BCUT2D eigenvalue weighted by molar-refractivity contribution is 0.113. The van der Waals surface area contributed by atoms with Crippen LogP contribution in [0.25, 0.3) is 0 Å². The van der Waals surface area contributed by atoms with Crippen molar-refractivity contribution >= 4 is 11.8 Å². The first-order valence-corrected chi connectivity index (χ1v) is 6.97. The Morgan fingerprint density at radius 1 is 1.47 bits per heavy atom. The van der Waals surface area contributed by atoms with Gasteiger partial charge >= 0.3 is 0 Å². The third kappa shape index (κ3) is 4.72. The van der Waals surface area contributed by atoms with Gasteiger partial charge in [0.25, 0.3) is 0 Å². The van der Waals surface area contributed by atoms with E-state index in [1.807, 2.05) is 7.05 Å². The van der Waals surface area contributed by atoms with Crippen LogP contribution in [-0.2, 0) is 0 Å². The smallest absolute Gasteiger partial charge is 0.0861 e. The molecule has 1 aliphatic rings. The van der Waals surface area contributed by atoms with E-state index in [-0.39, 0.29) is 6.61 Å². The highest BCUT2D eigenvalue weighted by Gasteiger charge is 2.24. The molecule has 0 heterocycles. The second-order valence-corrected chi connectivity index (χ2v) is 5.44. The Kier molecular flexibility index (Phi) is 6.64. The van der Waals surface area contributed by atoms with Crippen LogP contribution in [0.1, 0.15) is 25.7 Å². The quantitative estimate of drug-likeness (QED) is 0.571. The molecule has 0 aromatic rings. The Hall–Kier alpha value is 0.230. The molecule has 15 heavy (non-hydrogen) atoms. The summed E-state index contributed by atoms with van der Waals surface area (Å²) in [5.41, 5.74) is 0. The molecule has 0 radical (unpaired) electrons. The van der Waals surface area contributed by atoms with Crippen molar-refractivity contribution in [2.45, 2.75) is 37.8 Å². The van der Waals surface area contributed by atoms with Crippen molar-refractivity contribution in [3.8, 4) is 0 Å². The number of aliphatic hydroxyl groups excluding tert-OH is 2. The number of hydrogen-bond acceptors (Lipinski definition) is 4. The van der Waals surface area contributed by atoms with Crippen LogP contribution < -0.4 is 5.32 Å². The van der Waals surface area contributed by atoms with Crippen LogP contribution in [0.4, 0.5) is 0 Å². The van der Waals surface area contributed by atoms with Crippen LogP contribution in [0.3, 0.4) is 0 Å². The van der Waals surface area contributed by atoms with Crippen molar-refractivity contribution < 1.29 is 10.2 Å². The number of nitrogens with one attached hydrogen (secondary N) is 1. The fraction of sp³-hybridized carbons (Fsp3) is 1.00. The number of hydrogen-bond donors (Lipinski definition) is 3. The standard InChI is InChI=1S/C11H23NO2S/c1-12-11-4-2-3-9(11)5-6-15-8-10(14)7-13/h9-14H,2-8H2,1H3. The average molecular weight is 233 g/mol. The Morgan fingerprint density at radius 3 is 2.93 bits per heavy atom. The zero-order valence-electron chi connectivity index (χ0n) is 9.48. The third-order valence-corrected chi connectivity index (χ3v) is 4.33. The highest BCUT2D eigenvalue weighted by molar-refractivity contribution is 7.99. The van der Waals surface area contributed by atoms with E-state index in [0.29, 0.717) is 11.8 Å². The molecule has 0 spiro atoms. The molecule has 0 aromatic carbocycles. The van der Waals surface area contributed by atoms with E-state index in [1.165, 1.54) is 25.7 Å². The molecule has 0 aliphatic heterocycles. The van der Waals surface area contributed by atoms with Crippen molar-refractivity contribution in [3.63, 3.8) is 0 Å². The van der Waals surface area contributed by atoms with Gasteiger partial charge in [0, 0.05) is 11.8 Å². The minimum Gasteiger partial charge on any atom is -0.394 e. The molecule has 0 saturated heterocycles. The maximum Gasteiger partial charge on any atom is 0.0861 e. The molecule has 3 N–H and O–H groups in total. The zero-order chi connectivity index (χ0) is 11.1. The minimum atomic E-state index is -0.543. The predicted octanol–water partition coefficient (Wildman–Crippen LogP) is 0.851. The summed E-state index contributed by atoms with van der Waals surface area (Å²) in [4.78, 5) is 0. The molecular formula is C11H23NO2S. The van der Waals surface area contributed by atoms with Gasteiger partial charge in [-0.3, -0.25) is 0 Å². The monoisotopic (exact) mass is 233 g/mol. The Labute approximate surface area is 96.6 Å². The summed E-state index contributed by atoms with van der Waals surface area (Å²) < 4.78 is 0. The van der Waals surface area contributed by atoms with Crippen molar-refractivity contribution in [1.82, 2.24) is 5.32 Å². The lowest BCUT2D eigenvalue weighted by atomic mass is 10.0. The van der Waals surface area contributed by atoms with Crippen LogP contribution >= 0.6 is 11.8 Å². The maximum absolute atomic E-state index is 9.16. The van der Waals surface area contributed by atoms with Crippen LogP contribution in [0.5, 0.6) is 0 Å². The van der Waals surface area contributed by atoms with E-state index in [4.69, 9.17) is 10.2 Å². The van der Waals surface area contributed by atoms with Gasteiger partial charge in [0.2, 0.25) is 0 Å². The van der Waals surface area contributed by atoms with Gasteiger partial charge in [0.15, 0.2) is 0 Å². The first-order valence-electron chi connectivity index (χ1n) is 5.82.